The van der Waals surface area contributed by atoms with Gasteiger partial charge in [-0.3, -0.25) is 4.90 Å². The molecule has 1 atom stereocenters. The van der Waals surface area contributed by atoms with E-state index in [1.165, 1.54) is 24.0 Å². The van der Waals surface area contributed by atoms with Crippen LogP contribution in [0.3, 0.4) is 0 Å². The van der Waals surface area contributed by atoms with Crippen molar-refractivity contribution in [1.82, 2.24) is 10.2 Å². The molecule has 0 aromatic heterocycles. The maximum atomic E-state index is 3.63. The lowest BCUT2D eigenvalue weighted by atomic mass is 10.0. The highest BCUT2D eigenvalue weighted by Crippen LogP contribution is 2.17. The van der Waals surface area contributed by atoms with E-state index in [4.69, 9.17) is 0 Å². The second-order valence-corrected chi connectivity index (χ2v) is 5.78. The summed E-state index contributed by atoms with van der Waals surface area (Å²) in [6.45, 7) is 14.4. The first kappa shape index (κ1) is 17.2. The Balaban J connectivity index is 2.78. The number of hydrogen-bond donors (Lipinski definition) is 1. The molecule has 0 spiro atoms. The van der Waals surface area contributed by atoms with Crippen molar-refractivity contribution in [3.05, 3.63) is 35.4 Å². The van der Waals surface area contributed by atoms with E-state index >= 15 is 0 Å². The van der Waals surface area contributed by atoms with Crippen molar-refractivity contribution in [3.8, 4) is 0 Å². The SMILES string of the molecule is CCCc1ccc(C(CN(CC)C(C)C)NCC)cc1. The van der Waals surface area contributed by atoms with E-state index in [1.807, 2.05) is 0 Å². The molecule has 2 heteroatoms. The molecule has 0 bridgehead atoms. The van der Waals surface area contributed by atoms with Gasteiger partial charge in [-0.2, -0.15) is 0 Å². The van der Waals surface area contributed by atoms with Gasteiger partial charge in [-0.15, -0.1) is 0 Å². The maximum absolute atomic E-state index is 3.63. The summed E-state index contributed by atoms with van der Waals surface area (Å²) in [5, 5.41) is 3.63. The molecule has 0 aliphatic rings. The largest absolute Gasteiger partial charge is 0.309 e. The second-order valence-electron chi connectivity index (χ2n) is 5.78. The number of hydrogen-bond acceptors (Lipinski definition) is 2. The highest BCUT2D eigenvalue weighted by atomic mass is 15.2. The molecule has 1 rings (SSSR count). The monoisotopic (exact) mass is 276 g/mol. The third-order valence-corrected chi connectivity index (χ3v) is 3.92. The zero-order valence-corrected chi connectivity index (χ0v) is 13.9. The topological polar surface area (TPSA) is 15.3 Å². The van der Waals surface area contributed by atoms with E-state index in [0.29, 0.717) is 12.1 Å². The molecule has 0 aliphatic heterocycles. The standard InChI is InChI=1S/C18H32N2/c1-6-9-16-10-12-17(13-11-16)18(19-7-2)14-20(8-3)15(4)5/h10-13,15,18-19H,6-9,14H2,1-5H3. The minimum atomic E-state index is 0.429. The normalized spacial score (nSPS) is 13.2. The average Bonchev–Trinajstić information content (AvgIpc) is 2.44. The molecule has 0 heterocycles. The Hall–Kier alpha value is -0.860. The molecule has 0 aliphatic carbocycles. The van der Waals surface area contributed by atoms with Crippen molar-refractivity contribution >= 4 is 0 Å². The lowest BCUT2D eigenvalue weighted by Gasteiger charge is -2.30. The lowest BCUT2D eigenvalue weighted by Crippen LogP contribution is -2.39. The van der Waals surface area contributed by atoms with Crippen molar-refractivity contribution in [2.75, 3.05) is 19.6 Å². The predicted octanol–water partition coefficient (Wildman–Crippen LogP) is 4.02. The van der Waals surface area contributed by atoms with Gasteiger partial charge in [-0.05, 0) is 44.5 Å². The number of nitrogens with zero attached hydrogens (tertiary/aromatic N) is 1. The Morgan fingerprint density at radius 3 is 2.15 bits per heavy atom. The molecular weight excluding hydrogens is 244 g/mol. The zero-order valence-electron chi connectivity index (χ0n) is 13.9. The van der Waals surface area contributed by atoms with E-state index in [9.17, 15) is 0 Å². The van der Waals surface area contributed by atoms with Gasteiger partial charge in [0.1, 0.15) is 0 Å². The molecule has 2 nitrogen and oxygen atoms in total. The van der Waals surface area contributed by atoms with Crippen LogP contribution >= 0.6 is 0 Å². The van der Waals surface area contributed by atoms with Gasteiger partial charge in [0.25, 0.3) is 0 Å². The zero-order chi connectivity index (χ0) is 15.0. The fourth-order valence-corrected chi connectivity index (χ4v) is 2.68. The quantitative estimate of drug-likeness (QED) is 0.733. The van der Waals surface area contributed by atoms with Gasteiger partial charge in [-0.25, -0.2) is 0 Å². The molecule has 0 amide bonds. The first-order valence-corrected chi connectivity index (χ1v) is 8.18. The van der Waals surface area contributed by atoms with Crippen LogP contribution in [0.25, 0.3) is 0 Å². The Morgan fingerprint density at radius 2 is 1.70 bits per heavy atom. The molecular formula is C18H32N2. The summed E-state index contributed by atoms with van der Waals surface area (Å²) in [5.74, 6) is 0. The Labute approximate surface area is 125 Å². The van der Waals surface area contributed by atoms with Crippen LogP contribution in [0.2, 0.25) is 0 Å². The van der Waals surface area contributed by atoms with E-state index in [-0.39, 0.29) is 0 Å². The summed E-state index contributed by atoms with van der Waals surface area (Å²) in [6.07, 6.45) is 2.40. The molecule has 0 fully saturated rings. The fraction of sp³-hybridized carbons (Fsp3) is 0.667. The number of likely N-dealkylation sites (N-methyl/N-ethyl adjacent to an activating group) is 2. The van der Waals surface area contributed by atoms with E-state index in [0.717, 1.165) is 19.6 Å². The van der Waals surface area contributed by atoms with Gasteiger partial charge in [0.2, 0.25) is 0 Å². The van der Waals surface area contributed by atoms with Crippen LogP contribution in [0.5, 0.6) is 0 Å². The van der Waals surface area contributed by atoms with E-state index in [1.54, 1.807) is 0 Å². The van der Waals surface area contributed by atoms with Crippen molar-refractivity contribution in [2.45, 2.75) is 59.5 Å². The summed E-state index contributed by atoms with van der Waals surface area (Å²) in [6, 6.07) is 10.2. The van der Waals surface area contributed by atoms with Crippen LogP contribution < -0.4 is 5.32 Å². The van der Waals surface area contributed by atoms with Gasteiger partial charge in [0.05, 0.1) is 0 Å². The van der Waals surface area contributed by atoms with Gasteiger partial charge in [0.15, 0.2) is 0 Å². The van der Waals surface area contributed by atoms with Crippen molar-refractivity contribution in [2.24, 2.45) is 0 Å². The fourth-order valence-electron chi connectivity index (χ4n) is 2.68. The number of nitrogens with one attached hydrogen (secondary N) is 1. The summed E-state index contributed by atoms with van der Waals surface area (Å²) in [5.41, 5.74) is 2.86. The highest BCUT2D eigenvalue weighted by Gasteiger charge is 2.16. The smallest absolute Gasteiger partial charge is 0.0449 e. The Kier molecular flexibility index (Phi) is 7.86. The van der Waals surface area contributed by atoms with Crippen molar-refractivity contribution in [3.63, 3.8) is 0 Å². The molecule has 1 N–H and O–H groups in total. The molecule has 1 unspecified atom stereocenters. The number of benzene rings is 1. The van der Waals surface area contributed by atoms with Crippen LogP contribution in [0.15, 0.2) is 24.3 Å². The molecule has 0 radical (unpaired) electrons. The Morgan fingerprint density at radius 1 is 1.05 bits per heavy atom. The van der Waals surface area contributed by atoms with Crippen molar-refractivity contribution < 1.29 is 0 Å². The molecule has 20 heavy (non-hydrogen) atoms. The van der Waals surface area contributed by atoms with Crippen LogP contribution in [0.4, 0.5) is 0 Å². The van der Waals surface area contributed by atoms with Crippen molar-refractivity contribution in [1.29, 1.82) is 0 Å². The van der Waals surface area contributed by atoms with Crippen LogP contribution in [0, 0.1) is 0 Å². The van der Waals surface area contributed by atoms with Crippen LogP contribution in [-0.2, 0) is 6.42 Å². The maximum Gasteiger partial charge on any atom is 0.0449 e. The minimum Gasteiger partial charge on any atom is -0.309 e. The molecule has 0 saturated carbocycles. The van der Waals surface area contributed by atoms with Crippen LogP contribution in [0.1, 0.15) is 58.2 Å². The highest BCUT2D eigenvalue weighted by molar-refractivity contribution is 5.25. The van der Waals surface area contributed by atoms with Gasteiger partial charge in [0, 0.05) is 18.6 Å². The Bertz CT molecular complexity index is 356. The number of rotatable bonds is 9. The third kappa shape index (κ3) is 5.26. The van der Waals surface area contributed by atoms with E-state index in [2.05, 4.69) is 69.1 Å². The average molecular weight is 276 g/mol. The summed E-state index contributed by atoms with van der Waals surface area (Å²) in [4.78, 5) is 2.52. The molecule has 114 valence electrons. The summed E-state index contributed by atoms with van der Waals surface area (Å²) >= 11 is 0. The second kappa shape index (κ2) is 9.15. The predicted molar refractivity (Wildman–Crippen MR) is 89.2 cm³/mol. The van der Waals surface area contributed by atoms with Gasteiger partial charge < -0.3 is 5.32 Å². The summed E-state index contributed by atoms with van der Waals surface area (Å²) < 4.78 is 0. The molecule has 1 aromatic carbocycles. The first-order chi connectivity index (χ1) is 9.62. The first-order valence-electron chi connectivity index (χ1n) is 8.18. The summed E-state index contributed by atoms with van der Waals surface area (Å²) in [7, 11) is 0. The minimum absolute atomic E-state index is 0.429. The van der Waals surface area contributed by atoms with Gasteiger partial charge in [-0.1, -0.05) is 51.5 Å². The van der Waals surface area contributed by atoms with Gasteiger partial charge >= 0.3 is 0 Å². The number of aryl methyl sites for hydroxylation is 1. The third-order valence-electron chi connectivity index (χ3n) is 3.92. The van der Waals surface area contributed by atoms with E-state index < -0.39 is 0 Å². The molecule has 1 aromatic rings. The van der Waals surface area contributed by atoms with Crippen LogP contribution in [-0.4, -0.2) is 30.6 Å². The molecule has 0 saturated heterocycles. The lowest BCUT2D eigenvalue weighted by molar-refractivity contribution is 0.208.